The topological polar surface area (TPSA) is 43.8 Å². The van der Waals surface area contributed by atoms with E-state index >= 15 is 0 Å². The van der Waals surface area contributed by atoms with Crippen molar-refractivity contribution in [1.29, 1.82) is 0 Å². The van der Waals surface area contributed by atoms with Crippen molar-refractivity contribution in [3.8, 4) is 0 Å². The molecule has 1 aliphatic carbocycles. The summed E-state index contributed by atoms with van der Waals surface area (Å²) in [6, 6.07) is 0. The van der Waals surface area contributed by atoms with E-state index in [-0.39, 0.29) is 0 Å². The van der Waals surface area contributed by atoms with Crippen LogP contribution in [0.3, 0.4) is 0 Å². The summed E-state index contributed by atoms with van der Waals surface area (Å²) in [7, 11) is 0. The number of hydrogen-bond donors (Lipinski definition) is 1. The second-order valence-electron chi connectivity index (χ2n) is 5.17. The first-order chi connectivity index (χ1) is 7.72. The van der Waals surface area contributed by atoms with Crippen LogP contribution < -0.4 is 5.73 Å². The number of anilines is 1. The van der Waals surface area contributed by atoms with Crippen LogP contribution in [-0.4, -0.2) is 9.55 Å². The minimum Gasteiger partial charge on any atom is -0.384 e. The highest BCUT2D eigenvalue weighted by Crippen LogP contribution is 2.36. The van der Waals surface area contributed by atoms with E-state index in [0.717, 1.165) is 30.4 Å². The molecule has 0 bridgehead atoms. The van der Waals surface area contributed by atoms with E-state index in [0.29, 0.717) is 5.92 Å². The van der Waals surface area contributed by atoms with Crippen molar-refractivity contribution in [2.45, 2.75) is 58.4 Å². The fourth-order valence-electron chi connectivity index (χ4n) is 2.67. The number of nitrogens with two attached hydrogens (primary N) is 1. The van der Waals surface area contributed by atoms with Crippen molar-refractivity contribution in [2.75, 3.05) is 5.73 Å². The van der Waals surface area contributed by atoms with Gasteiger partial charge >= 0.3 is 0 Å². The molecule has 1 saturated carbocycles. The van der Waals surface area contributed by atoms with Crippen molar-refractivity contribution >= 4 is 5.82 Å². The van der Waals surface area contributed by atoms with Gasteiger partial charge in [0.05, 0.1) is 12.0 Å². The number of nitrogens with zero attached hydrogens (tertiary/aromatic N) is 2. The van der Waals surface area contributed by atoms with Gasteiger partial charge < -0.3 is 10.3 Å². The third-order valence-corrected chi connectivity index (χ3v) is 3.78. The fraction of sp³-hybridized carbons (Fsp3) is 0.769. The minimum absolute atomic E-state index is 0.606. The summed E-state index contributed by atoms with van der Waals surface area (Å²) < 4.78 is 2.09. The Morgan fingerprint density at radius 3 is 2.69 bits per heavy atom. The molecule has 0 radical (unpaired) electrons. The van der Waals surface area contributed by atoms with Gasteiger partial charge in [-0.1, -0.05) is 26.7 Å². The van der Waals surface area contributed by atoms with Crippen molar-refractivity contribution < 1.29 is 0 Å². The second kappa shape index (κ2) is 4.89. The molecule has 0 spiro atoms. The monoisotopic (exact) mass is 221 g/mol. The van der Waals surface area contributed by atoms with Crippen molar-refractivity contribution in [1.82, 2.24) is 9.55 Å². The van der Waals surface area contributed by atoms with Gasteiger partial charge in [-0.05, 0) is 25.2 Å². The number of imidazole rings is 1. The summed E-state index contributed by atoms with van der Waals surface area (Å²) >= 11 is 0. The molecular formula is C13H23N3. The Bertz CT molecular complexity index is 335. The first-order valence-corrected chi connectivity index (χ1v) is 6.52. The highest BCUT2D eigenvalue weighted by molar-refractivity contribution is 5.38. The van der Waals surface area contributed by atoms with E-state index < -0.39 is 0 Å². The maximum Gasteiger partial charge on any atom is 0.126 e. The van der Waals surface area contributed by atoms with Crippen LogP contribution >= 0.6 is 0 Å². The largest absolute Gasteiger partial charge is 0.384 e. The Kier molecular flexibility index (Phi) is 3.52. The molecule has 1 aromatic rings. The van der Waals surface area contributed by atoms with Crippen LogP contribution in [0, 0.1) is 5.92 Å². The number of aryl methyl sites for hydroxylation is 1. The smallest absolute Gasteiger partial charge is 0.126 e. The number of hydrogen-bond acceptors (Lipinski definition) is 2. The molecule has 1 aromatic heterocycles. The molecule has 0 aliphatic heterocycles. The summed E-state index contributed by atoms with van der Waals surface area (Å²) in [4.78, 5) is 4.52. The summed E-state index contributed by atoms with van der Waals surface area (Å²) in [5, 5.41) is 0. The predicted octanol–water partition coefficient (Wildman–Crippen LogP) is 3.17. The predicted molar refractivity (Wildman–Crippen MR) is 67.3 cm³/mol. The average Bonchev–Trinajstić information content (AvgIpc) is 2.63. The van der Waals surface area contributed by atoms with Gasteiger partial charge in [0.15, 0.2) is 0 Å². The maximum atomic E-state index is 6.16. The molecule has 2 rings (SSSR count). The Morgan fingerprint density at radius 1 is 1.38 bits per heavy atom. The molecule has 0 unspecified atom stereocenters. The van der Waals surface area contributed by atoms with E-state index in [9.17, 15) is 0 Å². The maximum absolute atomic E-state index is 6.16. The number of rotatable bonds is 3. The number of aromatic nitrogens is 2. The Labute approximate surface area is 98.1 Å². The minimum atomic E-state index is 0.606. The van der Waals surface area contributed by atoms with E-state index in [1.165, 1.54) is 25.7 Å². The molecule has 2 N–H and O–H groups in total. The third kappa shape index (κ3) is 2.23. The third-order valence-electron chi connectivity index (χ3n) is 3.78. The molecule has 90 valence electrons. The van der Waals surface area contributed by atoms with E-state index in [1.807, 2.05) is 6.33 Å². The lowest BCUT2D eigenvalue weighted by Crippen LogP contribution is -2.13. The van der Waals surface area contributed by atoms with E-state index in [2.05, 4.69) is 23.4 Å². The molecule has 1 heterocycles. The first kappa shape index (κ1) is 11.5. The Hall–Kier alpha value is -0.990. The normalized spacial score (nSPS) is 25.9. The van der Waals surface area contributed by atoms with Crippen LogP contribution in [0.15, 0.2) is 6.33 Å². The van der Waals surface area contributed by atoms with Gasteiger partial charge in [-0.2, -0.15) is 0 Å². The van der Waals surface area contributed by atoms with Crippen LogP contribution in [-0.2, 0) is 6.54 Å². The molecular weight excluding hydrogens is 198 g/mol. The summed E-state index contributed by atoms with van der Waals surface area (Å²) in [5.41, 5.74) is 7.31. The molecule has 0 saturated heterocycles. The molecule has 1 aliphatic rings. The van der Waals surface area contributed by atoms with Crippen LogP contribution in [0.2, 0.25) is 0 Å². The molecule has 0 aromatic carbocycles. The highest BCUT2D eigenvalue weighted by Gasteiger charge is 2.23. The highest BCUT2D eigenvalue weighted by atomic mass is 15.1. The van der Waals surface area contributed by atoms with Crippen molar-refractivity contribution in [3.05, 3.63) is 12.0 Å². The lowest BCUT2D eigenvalue weighted by Gasteiger charge is -2.25. The zero-order valence-corrected chi connectivity index (χ0v) is 10.4. The zero-order chi connectivity index (χ0) is 11.5. The van der Waals surface area contributed by atoms with E-state index in [1.54, 1.807) is 0 Å². The van der Waals surface area contributed by atoms with Crippen LogP contribution in [0.25, 0.3) is 0 Å². The summed E-state index contributed by atoms with van der Waals surface area (Å²) in [5.74, 6) is 2.39. The van der Waals surface area contributed by atoms with Crippen LogP contribution in [0.4, 0.5) is 5.82 Å². The number of nitrogen functional groups attached to an aromatic ring is 1. The van der Waals surface area contributed by atoms with Crippen molar-refractivity contribution in [3.63, 3.8) is 0 Å². The Morgan fingerprint density at radius 2 is 2.06 bits per heavy atom. The second-order valence-corrected chi connectivity index (χ2v) is 5.17. The molecule has 3 nitrogen and oxygen atoms in total. The zero-order valence-electron chi connectivity index (χ0n) is 10.4. The van der Waals surface area contributed by atoms with Crippen molar-refractivity contribution in [2.24, 2.45) is 5.92 Å². The van der Waals surface area contributed by atoms with Gasteiger partial charge in [0, 0.05) is 12.5 Å². The Balaban J connectivity index is 2.09. The lowest BCUT2D eigenvalue weighted by atomic mass is 9.81. The van der Waals surface area contributed by atoms with Crippen LogP contribution in [0.5, 0.6) is 0 Å². The first-order valence-electron chi connectivity index (χ1n) is 6.52. The van der Waals surface area contributed by atoms with Gasteiger partial charge in [0.1, 0.15) is 5.82 Å². The molecule has 3 heteroatoms. The molecule has 0 amide bonds. The van der Waals surface area contributed by atoms with Crippen LogP contribution in [0.1, 0.15) is 57.6 Å². The fourth-order valence-corrected chi connectivity index (χ4v) is 2.67. The SMILES string of the molecule is CCCn1cnc(C2CCC(C)CC2)c1N. The van der Waals surface area contributed by atoms with Gasteiger partial charge in [-0.15, -0.1) is 0 Å². The van der Waals surface area contributed by atoms with E-state index in [4.69, 9.17) is 5.73 Å². The molecule has 1 fully saturated rings. The summed E-state index contributed by atoms with van der Waals surface area (Å²) in [6.07, 6.45) is 8.19. The molecule has 0 atom stereocenters. The van der Waals surface area contributed by atoms with Gasteiger partial charge in [-0.25, -0.2) is 4.98 Å². The van der Waals surface area contributed by atoms with Gasteiger partial charge in [0.2, 0.25) is 0 Å². The average molecular weight is 221 g/mol. The summed E-state index contributed by atoms with van der Waals surface area (Å²) in [6.45, 7) is 5.50. The molecule has 16 heavy (non-hydrogen) atoms. The van der Waals surface area contributed by atoms with Gasteiger partial charge in [-0.3, -0.25) is 0 Å². The quantitative estimate of drug-likeness (QED) is 0.852. The lowest BCUT2D eigenvalue weighted by molar-refractivity contribution is 0.345. The standard InChI is InChI=1S/C13H23N3/c1-3-8-16-9-15-12(13(16)14)11-6-4-10(2)5-7-11/h9-11H,3-8,14H2,1-2H3. The van der Waals surface area contributed by atoms with Gasteiger partial charge in [0.25, 0.3) is 0 Å².